The molecule has 0 fully saturated rings. The number of hydrogen-bond acceptors (Lipinski definition) is 5. The number of rotatable bonds is 6. The van der Waals surface area contributed by atoms with Gasteiger partial charge in [0, 0.05) is 19.9 Å². The lowest BCUT2D eigenvalue weighted by Gasteiger charge is -2.11. The molecule has 1 atom stereocenters. The quantitative estimate of drug-likeness (QED) is 0.721. The van der Waals surface area contributed by atoms with Gasteiger partial charge in [0.2, 0.25) is 5.88 Å². The summed E-state index contributed by atoms with van der Waals surface area (Å²) in [5.41, 5.74) is 0.333. The number of carbonyl (C=O) groups excluding carboxylic acids is 1. The van der Waals surface area contributed by atoms with Gasteiger partial charge < -0.3 is 19.9 Å². The number of hydrogen-bond donors (Lipinski definition) is 2. The first-order chi connectivity index (χ1) is 8.19. The van der Waals surface area contributed by atoms with Crippen LogP contribution in [0.5, 0.6) is 5.88 Å². The molecule has 6 nitrogen and oxygen atoms in total. The Hall–Kier alpha value is -1.66. The average Bonchev–Trinajstić information content (AvgIpc) is 2.36. The van der Waals surface area contributed by atoms with Gasteiger partial charge in [0.1, 0.15) is 5.56 Å². The highest BCUT2D eigenvalue weighted by Gasteiger charge is 2.13. The van der Waals surface area contributed by atoms with Crippen LogP contribution in [-0.2, 0) is 4.74 Å². The minimum Gasteiger partial charge on any atom is -0.480 e. The maximum Gasteiger partial charge on any atom is 0.256 e. The molecule has 0 spiro atoms. The summed E-state index contributed by atoms with van der Waals surface area (Å²) in [6.07, 6.45) is 0.807. The standard InChI is InChI=1S/C11H16N2O4/c1-16-7-8(14)6-13-10(15)9-4-3-5-12-11(9)17-2/h3-5,8,14H,6-7H2,1-2H3,(H,13,15). The van der Waals surface area contributed by atoms with Crippen molar-refractivity contribution >= 4 is 5.91 Å². The lowest BCUT2D eigenvalue weighted by atomic mass is 10.2. The molecule has 94 valence electrons. The Bertz CT molecular complexity index is 370. The van der Waals surface area contributed by atoms with Crippen molar-refractivity contribution in [2.24, 2.45) is 0 Å². The fourth-order valence-electron chi connectivity index (χ4n) is 1.28. The fourth-order valence-corrected chi connectivity index (χ4v) is 1.28. The molecule has 0 bridgehead atoms. The summed E-state index contributed by atoms with van der Waals surface area (Å²) < 4.78 is 9.71. The molecule has 6 heteroatoms. The second-order valence-corrected chi connectivity index (χ2v) is 3.38. The van der Waals surface area contributed by atoms with Gasteiger partial charge in [-0.05, 0) is 12.1 Å². The number of pyridine rings is 1. The normalized spacial score (nSPS) is 11.9. The van der Waals surface area contributed by atoms with E-state index in [0.29, 0.717) is 5.56 Å². The van der Waals surface area contributed by atoms with Crippen molar-refractivity contribution in [3.63, 3.8) is 0 Å². The molecule has 0 aliphatic heterocycles. The van der Waals surface area contributed by atoms with Crippen molar-refractivity contribution in [2.45, 2.75) is 6.10 Å². The number of carbonyl (C=O) groups is 1. The molecule has 0 saturated carbocycles. The van der Waals surface area contributed by atoms with Crippen molar-refractivity contribution < 1.29 is 19.4 Å². The molecule has 1 unspecified atom stereocenters. The molecule has 17 heavy (non-hydrogen) atoms. The SMILES string of the molecule is COCC(O)CNC(=O)c1cccnc1OC. The minimum absolute atomic E-state index is 0.116. The first-order valence-corrected chi connectivity index (χ1v) is 5.13. The van der Waals surface area contributed by atoms with E-state index in [4.69, 9.17) is 9.47 Å². The maximum absolute atomic E-state index is 11.8. The molecule has 0 radical (unpaired) electrons. The number of aliphatic hydroxyl groups excluding tert-OH is 1. The molecule has 1 rings (SSSR count). The Morgan fingerprint density at radius 2 is 2.35 bits per heavy atom. The summed E-state index contributed by atoms with van der Waals surface area (Å²) in [6, 6.07) is 3.24. The van der Waals surface area contributed by atoms with Crippen LogP contribution in [0.1, 0.15) is 10.4 Å². The van der Waals surface area contributed by atoms with Crippen LogP contribution in [-0.4, -0.2) is 49.5 Å². The van der Waals surface area contributed by atoms with Gasteiger partial charge in [0.15, 0.2) is 0 Å². The van der Waals surface area contributed by atoms with Crippen LogP contribution in [0.4, 0.5) is 0 Å². The average molecular weight is 240 g/mol. The van der Waals surface area contributed by atoms with Gasteiger partial charge in [0.25, 0.3) is 5.91 Å². The van der Waals surface area contributed by atoms with Crippen LogP contribution in [0.2, 0.25) is 0 Å². The molecule has 0 aliphatic rings. The molecule has 2 N–H and O–H groups in total. The molecular weight excluding hydrogens is 224 g/mol. The van der Waals surface area contributed by atoms with E-state index in [9.17, 15) is 9.90 Å². The molecular formula is C11H16N2O4. The van der Waals surface area contributed by atoms with E-state index in [1.807, 2.05) is 0 Å². The third-order valence-electron chi connectivity index (χ3n) is 2.07. The van der Waals surface area contributed by atoms with Gasteiger partial charge in [-0.1, -0.05) is 0 Å². The van der Waals surface area contributed by atoms with Gasteiger partial charge in [0.05, 0.1) is 19.8 Å². The van der Waals surface area contributed by atoms with E-state index >= 15 is 0 Å². The Balaban J connectivity index is 2.58. The Morgan fingerprint density at radius 3 is 3.00 bits per heavy atom. The molecule has 1 amide bonds. The zero-order chi connectivity index (χ0) is 12.7. The second-order valence-electron chi connectivity index (χ2n) is 3.38. The van der Waals surface area contributed by atoms with E-state index in [1.165, 1.54) is 20.4 Å². The smallest absolute Gasteiger partial charge is 0.256 e. The lowest BCUT2D eigenvalue weighted by Crippen LogP contribution is -2.34. The van der Waals surface area contributed by atoms with E-state index in [2.05, 4.69) is 10.3 Å². The summed E-state index contributed by atoms with van der Waals surface area (Å²) in [5, 5.41) is 12.0. The highest BCUT2D eigenvalue weighted by atomic mass is 16.5. The van der Waals surface area contributed by atoms with Gasteiger partial charge in [-0.25, -0.2) is 4.98 Å². The molecule has 0 aromatic carbocycles. The molecule has 0 aliphatic carbocycles. The Kier molecular flexibility index (Phi) is 5.38. The predicted octanol–water partition coefficient (Wildman–Crippen LogP) is -0.173. The first kappa shape index (κ1) is 13.4. The number of aliphatic hydroxyl groups is 1. The molecule has 1 aromatic rings. The summed E-state index contributed by atoms with van der Waals surface area (Å²) in [4.78, 5) is 15.7. The van der Waals surface area contributed by atoms with Crippen LogP contribution >= 0.6 is 0 Å². The second kappa shape index (κ2) is 6.82. The van der Waals surface area contributed by atoms with Crippen LogP contribution in [0.25, 0.3) is 0 Å². The largest absolute Gasteiger partial charge is 0.480 e. The first-order valence-electron chi connectivity index (χ1n) is 5.13. The van der Waals surface area contributed by atoms with E-state index in [-0.39, 0.29) is 24.9 Å². The highest BCUT2D eigenvalue weighted by molar-refractivity contribution is 5.96. The van der Waals surface area contributed by atoms with Gasteiger partial charge in [-0.2, -0.15) is 0 Å². The molecule has 1 aromatic heterocycles. The number of ether oxygens (including phenoxy) is 2. The van der Waals surface area contributed by atoms with Crippen molar-refractivity contribution in [3.8, 4) is 5.88 Å². The summed E-state index contributed by atoms with van der Waals surface area (Å²) in [7, 11) is 2.92. The van der Waals surface area contributed by atoms with Gasteiger partial charge in [-0.3, -0.25) is 4.79 Å². The summed E-state index contributed by atoms with van der Waals surface area (Å²) in [5.74, 6) is -0.0867. The number of methoxy groups -OCH3 is 2. The van der Waals surface area contributed by atoms with Crippen molar-refractivity contribution in [1.82, 2.24) is 10.3 Å². The Morgan fingerprint density at radius 1 is 1.59 bits per heavy atom. The predicted molar refractivity (Wildman–Crippen MR) is 61.0 cm³/mol. The van der Waals surface area contributed by atoms with Crippen molar-refractivity contribution in [2.75, 3.05) is 27.4 Å². The highest BCUT2D eigenvalue weighted by Crippen LogP contribution is 2.12. The van der Waals surface area contributed by atoms with Crippen LogP contribution in [0, 0.1) is 0 Å². The van der Waals surface area contributed by atoms with Crippen molar-refractivity contribution in [1.29, 1.82) is 0 Å². The van der Waals surface area contributed by atoms with Crippen LogP contribution < -0.4 is 10.1 Å². The monoisotopic (exact) mass is 240 g/mol. The van der Waals surface area contributed by atoms with Crippen LogP contribution in [0.15, 0.2) is 18.3 Å². The van der Waals surface area contributed by atoms with E-state index < -0.39 is 6.10 Å². The zero-order valence-corrected chi connectivity index (χ0v) is 9.84. The maximum atomic E-state index is 11.8. The van der Waals surface area contributed by atoms with Crippen LogP contribution in [0.3, 0.4) is 0 Å². The number of aromatic nitrogens is 1. The molecule has 1 heterocycles. The summed E-state index contributed by atoms with van der Waals surface area (Å²) in [6.45, 7) is 0.287. The molecule has 0 saturated heterocycles. The van der Waals surface area contributed by atoms with Gasteiger partial charge >= 0.3 is 0 Å². The van der Waals surface area contributed by atoms with E-state index in [0.717, 1.165) is 0 Å². The Labute approximate surface area is 99.6 Å². The number of nitrogens with zero attached hydrogens (tertiary/aromatic N) is 1. The minimum atomic E-state index is -0.730. The topological polar surface area (TPSA) is 80.7 Å². The number of amides is 1. The number of nitrogens with one attached hydrogen (secondary N) is 1. The lowest BCUT2D eigenvalue weighted by molar-refractivity contribution is 0.0609. The van der Waals surface area contributed by atoms with Crippen molar-refractivity contribution in [3.05, 3.63) is 23.9 Å². The van der Waals surface area contributed by atoms with Gasteiger partial charge in [-0.15, -0.1) is 0 Å². The fraction of sp³-hybridized carbons (Fsp3) is 0.455. The summed E-state index contributed by atoms with van der Waals surface area (Å²) >= 11 is 0. The third kappa shape index (κ3) is 4.01. The van der Waals surface area contributed by atoms with E-state index in [1.54, 1.807) is 12.1 Å². The third-order valence-corrected chi connectivity index (χ3v) is 2.07. The zero-order valence-electron chi connectivity index (χ0n) is 9.84.